The highest BCUT2D eigenvalue weighted by atomic mass is 16.4. The van der Waals surface area contributed by atoms with E-state index in [4.69, 9.17) is 5.11 Å². The molecule has 3 N–H and O–H groups in total. The molecule has 1 aromatic rings. The molecule has 1 aliphatic rings. The highest BCUT2D eigenvalue weighted by Gasteiger charge is 2.18. The molecule has 1 aliphatic heterocycles. The van der Waals surface area contributed by atoms with Gasteiger partial charge < -0.3 is 15.5 Å². The Bertz CT molecular complexity index is 536. The van der Waals surface area contributed by atoms with Crippen molar-refractivity contribution in [3.8, 4) is 5.75 Å². The second kappa shape index (κ2) is 6.58. The van der Waals surface area contributed by atoms with Gasteiger partial charge in [0.05, 0.1) is 6.54 Å². The second-order valence-corrected chi connectivity index (χ2v) is 5.54. The van der Waals surface area contributed by atoms with Gasteiger partial charge in [-0.3, -0.25) is 9.69 Å². The summed E-state index contributed by atoms with van der Waals surface area (Å²) in [5.41, 5.74) is 0.153. The number of hydrogen-bond donors (Lipinski definition) is 3. The predicted octanol–water partition coefficient (Wildman–Crippen LogP) is 1.76. The molecule has 2 rings (SSSR count). The van der Waals surface area contributed by atoms with Crippen LogP contribution in [0.2, 0.25) is 0 Å². The summed E-state index contributed by atoms with van der Waals surface area (Å²) in [4.78, 5) is 25.0. The fourth-order valence-corrected chi connectivity index (χ4v) is 2.41. The average molecular weight is 292 g/mol. The van der Waals surface area contributed by atoms with Crippen LogP contribution in [0.1, 0.15) is 30.1 Å². The molecule has 114 valence electrons. The number of carboxylic acids is 1. The number of phenols is 1. The maximum atomic E-state index is 12.0. The van der Waals surface area contributed by atoms with Crippen LogP contribution in [0.4, 0.5) is 5.69 Å². The van der Waals surface area contributed by atoms with Gasteiger partial charge in [0, 0.05) is 5.69 Å². The number of aromatic hydroxyl groups is 1. The molecule has 0 aromatic heterocycles. The molecule has 1 heterocycles. The number of benzene rings is 1. The van der Waals surface area contributed by atoms with Crippen molar-refractivity contribution < 1.29 is 19.8 Å². The third kappa shape index (κ3) is 4.19. The number of piperidine rings is 1. The van der Waals surface area contributed by atoms with Gasteiger partial charge in [0.1, 0.15) is 11.3 Å². The SMILES string of the molecule is CC1CCN(CC(=O)Nc2ccc(O)c(C(=O)O)c2)CC1. The van der Waals surface area contributed by atoms with Crippen LogP contribution in [0, 0.1) is 5.92 Å². The molecule has 0 radical (unpaired) electrons. The lowest BCUT2D eigenvalue weighted by atomic mass is 9.99. The Morgan fingerprint density at radius 3 is 2.62 bits per heavy atom. The molecular weight excluding hydrogens is 272 g/mol. The van der Waals surface area contributed by atoms with E-state index in [0.717, 1.165) is 25.9 Å². The molecule has 0 spiro atoms. The van der Waals surface area contributed by atoms with Crippen molar-refractivity contribution in [2.45, 2.75) is 19.8 Å². The van der Waals surface area contributed by atoms with Crippen LogP contribution in [-0.2, 0) is 4.79 Å². The summed E-state index contributed by atoms with van der Waals surface area (Å²) in [6.07, 6.45) is 2.19. The minimum atomic E-state index is -1.23. The van der Waals surface area contributed by atoms with Gasteiger partial charge in [0.15, 0.2) is 0 Å². The first kappa shape index (κ1) is 15.3. The summed E-state index contributed by atoms with van der Waals surface area (Å²) in [7, 11) is 0. The first-order valence-electron chi connectivity index (χ1n) is 7.04. The Hall–Kier alpha value is -2.08. The van der Waals surface area contributed by atoms with Gasteiger partial charge >= 0.3 is 5.97 Å². The summed E-state index contributed by atoms with van der Waals surface area (Å²) in [5.74, 6) is -1.01. The van der Waals surface area contributed by atoms with Gasteiger partial charge in [-0.1, -0.05) is 6.92 Å². The highest BCUT2D eigenvalue weighted by Crippen LogP contribution is 2.21. The summed E-state index contributed by atoms with van der Waals surface area (Å²) < 4.78 is 0. The summed E-state index contributed by atoms with van der Waals surface area (Å²) in [6, 6.07) is 4.01. The number of aromatic carboxylic acids is 1. The Balaban J connectivity index is 1.93. The van der Waals surface area contributed by atoms with E-state index in [1.54, 1.807) is 0 Å². The topological polar surface area (TPSA) is 89.9 Å². The minimum Gasteiger partial charge on any atom is -0.507 e. The van der Waals surface area contributed by atoms with E-state index in [1.165, 1.54) is 18.2 Å². The van der Waals surface area contributed by atoms with Crippen molar-refractivity contribution >= 4 is 17.6 Å². The standard InChI is InChI=1S/C15H20N2O4/c1-10-4-6-17(7-5-10)9-14(19)16-11-2-3-13(18)12(8-11)15(20)21/h2-3,8,10,18H,4-7,9H2,1H3,(H,16,19)(H,20,21). The van der Waals surface area contributed by atoms with Crippen molar-refractivity contribution in [1.82, 2.24) is 4.90 Å². The largest absolute Gasteiger partial charge is 0.507 e. The molecule has 21 heavy (non-hydrogen) atoms. The molecule has 0 unspecified atom stereocenters. The highest BCUT2D eigenvalue weighted by molar-refractivity contribution is 5.96. The maximum Gasteiger partial charge on any atom is 0.339 e. The third-order valence-corrected chi connectivity index (χ3v) is 3.75. The van der Waals surface area contributed by atoms with Crippen LogP contribution in [0.5, 0.6) is 5.75 Å². The minimum absolute atomic E-state index is 0.174. The maximum absolute atomic E-state index is 12.0. The van der Waals surface area contributed by atoms with E-state index in [-0.39, 0.29) is 17.2 Å². The van der Waals surface area contributed by atoms with Gasteiger partial charge in [-0.25, -0.2) is 4.79 Å². The van der Waals surface area contributed by atoms with Crippen LogP contribution < -0.4 is 5.32 Å². The van der Waals surface area contributed by atoms with Crippen LogP contribution >= 0.6 is 0 Å². The van der Waals surface area contributed by atoms with Crippen LogP contribution in [0.15, 0.2) is 18.2 Å². The number of carbonyl (C=O) groups is 2. The quantitative estimate of drug-likeness (QED) is 0.736. The van der Waals surface area contributed by atoms with E-state index in [2.05, 4.69) is 17.1 Å². The van der Waals surface area contributed by atoms with Gasteiger partial charge in [0.2, 0.25) is 5.91 Å². The Kier molecular flexibility index (Phi) is 4.80. The third-order valence-electron chi connectivity index (χ3n) is 3.75. The lowest BCUT2D eigenvalue weighted by Crippen LogP contribution is -2.38. The molecule has 6 heteroatoms. The Morgan fingerprint density at radius 1 is 1.33 bits per heavy atom. The Labute approximate surface area is 123 Å². The average Bonchev–Trinajstić information content (AvgIpc) is 2.43. The summed E-state index contributed by atoms with van der Waals surface area (Å²) in [6.45, 7) is 4.33. The van der Waals surface area contributed by atoms with Crippen LogP contribution in [0.3, 0.4) is 0 Å². The first-order chi connectivity index (χ1) is 9.95. The van der Waals surface area contributed by atoms with E-state index in [9.17, 15) is 14.7 Å². The Morgan fingerprint density at radius 2 is 2.00 bits per heavy atom. The number of anilines is 1. The van der Waals surface area contributed by atoms with E-state index in [0.29, 0.717) is 18.2 Å². The molecule has 1 amide bonds. The number of hydrogen-bond acceptors (Lipinski definition) is 4. The number of rotatable bonds is 4. The van der Waals surface area contributed by atoms with Crippen molar-refractivity contribution in [3.05, 3.63) is 23.8 Å². The zero-order valence-corrected chi connectivity index (χ0v) is 12.0. The lowest BCUT2D eigenvalue weighted by Gasteiger charge is -2.29. The van der Waals surface area contributed by atoms with Gasteiger partial charge in [0.25, 0.3) is 0 Å². The van der Waals surface area contributed by atoms with Crippen molar-refractivity contribution in [3.63, 3.8) is 0 Å². The normalized spacial score (nSPS) is 16.6. The summed E-state index contributed by atoms with van der Waals surface area (Å²) >= 11 is 0. The predicted molar refractivity (Wildman–Crippen MR) is 78.5 cm³/mol. The number of carbonyl (C=O) groups excluding carboxylic acids is 1. The van der Waals surface area contributed by atoms with E-state index >= 15 is 0 Å². The molecule has 1 saturated heterocycles. The molecule has 0 saturated carbocycles. The zero-order valence-electron chi connectivity index (χ0n) is 12.0. The van der Waals surface area contributed by atoms with Gasteiger partial charge in [-0.15, -0.1) is 0 Å². The zero-order chi connectivity index (χ0) is 15.4. The van der Waals surface area contributed by atoms with Crippen molar-refractivity contribution in [2.75, 3.05) is 25.0 Å². The smallest absolute Gasteiger partial charge is 0.339 e. The lowest BCUT2D eigenvalue weighted by molar-refractivity contribution is -0.117. The van der Waals surface area contributed by atoms with Crippen molar-refractivity contribution in [2.24, 2.45) is 5.92 Å². The van der Waals surface area contributed by atoms with Crippen molar-refractivity contribution in [1.29, 1.82) is 0 Å². The van der Waals surface area contributed by atoms with Crippen LogP contribution in [0.25, 0.3) is 0 Å². The van der Waals surface area contributed by atoms with Gasteiger partial charge in [-0.2, -0.15) is 0 Å². The number of carboxylic acid groups (broad SMARTS) is 1. The number of nitrogens with zero attached hydrogens (tertiary/aromatic N) is 1. The number of amides is 1. The number of likely N-dealkylation sites (tertiary alicyclic amines) is 1. The first-order valence-corrected chi connectivity index (χ1v) is 7.04. The fourth-order valence-electron chi connectivity index (χ4n) is 2.41. The van der Waals surface area contributed by atoms with Crippen LogP contribution in [-0.4, -0.2) is 46.6 Å². The van der Waals surface area contributed by atoms with E-state index in [1.807, 2.05) is 0 Å². The monoisotopic (exact) mass is 292 g/mol. The molecule has 0 aliphatic carbocycles. The molecule has 1 fully saturated rings. The summed E-state index contributed by atoms with van der Waals surface area (Å²) in [5, 5.41) is 21.0. The molecule has 6 nitrogen and oxygen atoms in total. The van der Waals surface area contributed by atoms with Gasteiger partial charge in [-0.05, 0) is 50.0 Å². The molecule has 0 bridgehead atoms. The molecular formula is C15H20N2O4. The fraction of sp³-hybridized carbons (Fsp3) is 0.467. The second-order valence-electron chi connectivity index (χ2n) is 5.54. The van der Waals surface area contributed by atoms with E-state index < -0.39 is 5.97 Å². The molecule has 0 atom stereocenters. The molecule has 1 aromatic carbocycles. The number of nitrogens with one attached hydrogen (secondary N) is 1.